The highest BCUT2D eigenvalue weighted by Crippen LogP contribution is 1.99. The molecule has 0 spiro atoms. The molecule has 0 saturated carbocycles. The number of hydrogen-bond donors (Lipinski definition) is 0. The number of unbranched alkanes of at least 4 members (excludes halogenated alkanes) is 1. The Morgan fingerprint density at radius 3 is 2.47 bits per heavy atom. The van der Waals surface area contributed by atoms with Crippen molar-refractivity contribution in [2.45, 2.75) is 32.6 Å². The van der Waals surface area contributed by atoms with Gasteiger partial charge in [0.2, 0.25) is 0 Å². The third kappa shape index (κ3) is 14.1. The second kappa shape index (κ2) is 12.6. The summed E-state index contributed by atoms with van der Waals surface area (Å²) in [6.07, 6.45) is 14.6. The van der Waals surface area contributed by atoms with Crippen LogP contribution in [0.15, 0.2) is 36.5 Å². The van der Waals surface area contributed by atoms with Crippen LogP contribution >= 0.6 is 0 Å². The Hall–Kier alpha value is -1.84. The first kappa shape index (κ1) is 17.2. The number of allylic oxidation sites excluding steroid dienone is 5. The minimum atomic E-state index is -0.275. The third-order valence-corrected chi connectivity index (χ3v) is 2.18. The largest absolute Gasteiger partial charge is 0.469 e. The molecule has 0 N–H and O–H groups in total. The molecule has 4 heteroatoms. The van der Waals surface area contributed by atoms with E-state index in [9.17, 15) is 9.59 Å². The van der Waals surface area contributed by atoms with Gasteiger partial charge in [0.15, 0.2) is 0 Å². The molecule has 0 unspecified atom stereocenters. The molecule has 0 heterocycles. The zero-order valence-electron chi connectivity index (χ0n) is 11.6. The molecule has 0 aliphatic rings. The molecular weight excluding hydrogens is 244 g/mol. The Morgan fingerprint density at radius 2 is 1.79 bits per heavy atom. The highest BCUT2D eigenvalue weighted by Gasteiger charge is 1.96. The van der Waals surface area contributed by atoms with Gasteiger partial charge in [-0.2, -0.15) is 0 Å². The van der Waals surface area contributed by atoms with Crippen molar-refractivity contribution in [3.63, 3.8) is 0 Å². The Labute approximate surface area is 114 Å². The molecule has 0 radical (unpaired) electrons. The van der Waals surface area contributed by atoms with Gasteiger partial charge in [0.1, 0.15) is 6.61 Å². The van der Waals surface area contributed by atoms with Crippen LogP contribution in [0.2, 0.25) is 0 Å². The molecule has 0 aliphatic carbocycles. The second-order valence-corrected chi connectivity index (χ2v) is 3.83. The number of rotatable bonds is 9. The predicted octanol–water partition coefficient (Wildman–Crippen LogP) is 2.95. The van der Waals surface area contributed by atoms with Crippen molar-refractivity contribution in [3.8, 4) is 0 Å². The van der Waals surface area contributed by atoms with E-state index >= 15 is 0 Å². The summed E-state index contributed by atoms with van der Waals surface area (Å²) in [5, 5.41) is 0. The molecule has 0 aromatic rings. The van der Waals surface area contributed by atoms with Crippen LogP contribution in [0.1, 0.15) is 32.6 Å². The molecule has 106 valence electrons. The average molecular weight is 266 g/mol. The number of methoxy groups -OCH3 is 1. The van der Waals surface area contributed by atoms with Gasteiger partial charge in [-0.25, -0.2) is 0 Å². The SMILES string of the molecule is COC(=O)CCC/C=C/C/C=C/C=C/COC(C)=O. The van der Waals surface area contributed by atoms with E-state index in [1.165, 1.54) is 14.0 Å². The van der Waals surface area contributed by atoms with Crippen LogP contribution in [0.3, 0.4) is 0 Å². The highest BCUT2D eigenvalue weighted by molar-refractivity contribution is 5.69. The van der Waals surface area contributed by atoms with Gasteiger partial charge >= 0.3 is 11.9 Å². The normalized spacial score (nSPS) is 11.5. The van der Waals surface area contributed by atoms with Gasteiger partial charge in [-0.3, -0.25) is 9.59 Å². The van der Waals surface area contributed by atoms with Crippen LogP contribution in [0.4, 0.5) is 0 Å². The quantitative estimate of drug-likeness (QED) is 0.279. The monoisotopic (exact) mass is 266 g/mol. The lowest BCUT2D eigenvalue weighted by molar-refractivity contribution is -0.141. The molecule has 19 heavy (non-hydrogen) atoms. The van der Waals surface area contributed by atoms with Gasteiger partial charge in [-0.1, -0.05) is 30.4 Å². The second-order valence-electron chi connectivity index (χ2n) is 3.83. The van der Waals surface area contributed by atoms with E-state index in [-0.39, 0.29) is 11.9 Å². The lowest BCUT2D eigenvalue weighted by atomic mass is 10.2. The van der Waals surface area contributed by atoms with Gasteiger partial charge in [-0.05, 0) is 25.3 Å². The maximum atomic E-state index is 10.8. The summed E-state index contributed by atoms with van der Waals surface area (Å²) in [6.45, 7) is 1.69. The molecule has 4 nitrogen and oxygen atoms in total. The fourth-order valence-corrected chi connectivity index (χ4v) is 1.22. The Morgan fingerprint density at radius 1 is 1.05 bits per heavy atom. The summed E-state index contributed by atoms with van der Waals surface area (Å²) in [4.78, 5) is 21.3. The van der Waals surface area contributed by atoms with E-state index < -0.39 is 0 Å². The number of esters is 2. The maximum absolute atomic E-state index is 10.8. The summed E-state index contributed by atoms with van der Waals surface area (Å²) in [7, 11) is 1.40. The number of carbonyl (C=O) groups is 2. The fourth-order valence-electron chi connectivity index (χ4n) is 1.22. The zero-order chi connectivity index (χ0) is 14.3. The average Bonchev–Trinajstić information content (AvgIpc) is 2.39. The van der Waals surface area contributed by atoms with Crippen LogP contribution in [0.5, 0.6) is 0 Å². The standard InChI is InChI=1S/C15H22O4/c1-14(16)19-13-11-9-7-5-3-4-6-8-10-12-15(17)18-2/h4-7,9,11H,3,8,10,12-13H2,1-2H3/b6-4+,7-5+,11-9+. The van der Waals surface area contributed by atoms with Gasteiger partial charge < -0.3 is 9.47 Å². The van der Waals surface area contributed by atoms with Gasteiger partial charge in [-0.15, -0.1) is 0 Å². The molecule has 0 aromatic carbocycles. The number of carbonyl (C=O) groups excluding carboxylic acids is 2. The molecule has 0 aliphatic heterocycles. The summed E-state index contributed by atoms with van der Waals surface area (Å²) in [5.74, 6) is -0.435. The minimum Gasteiger partial charge on any atom is -0.469 e. The van der Waals surface area contributed by atoms with Crippen LogP contribution in [-0.2, 0) is 19.1 Å². The first-order chi connectivity index (χ1) is 9.16. The summed E-state index contributed by atoms with van der Waals surface area (Å²) >= 11 is 0. The molecule has 0 fully saturated rings. The predicted molar refractivity (Wildman–Crippen MR) is 74.5 cm³/mol. The van der Waals surface area contributed by atoms with Crippen LogP contribution in [0.25, 0.3) is 0 Å². The van der Waals surface area contributed by atoms with Gasteiger partial charge in [0.25, 0.3) is 0 Å². The van der Waals surface area contributed by atoms with Crippen LogP contribution in [0, 0.1) is 0 Å². The maximum Gasteiger partial charge on any atom is 0.305 e. The summed E-state index contributed by atoms with van der Waals surface area (Å²) in [6, 6.07) is 0. The van der Waals surface area contributed by atoms with Gasteiger partial charge in [0, 0.05) is 13.3 Å². The summed E-state index contributed by atoms with van der Waals surface area (Å²) < 4.78 is 9.27. The Kier molecular flexibility index (Phi) is 11.4. The minimum absolute atomic E-state index is 0.161. The van der Waals surface area contributed by atoms with Crippen molar-refractivity contribution >= 4 is 11.9 Å². The molecule has 0 bridgehead atoms. The lowest BCUT2D eigenvalue weighted by Crippen LogP contribution is -1.98. The zero-order valence-corrected chi connectivity index (χ0v) is 11.6. The van der Waals surface area contributed by atoms with Crippen molar-refractivity contribution in [1.29, 1.82) is 0 Å². The number of hydrogen-bond acceptors (Lipinski definition) is 4. The highest BCUT2D eigenvalue weighted by atomic mass is 16.5. The van der Waals surface area contributed by atoms with Crippen molar-refractivity contribution in [2.24, 2.45) is 0 Å². The van der Waals surface area contributed by atoms with Crippen molar-refractivity contribution in [2.75, 3.05) is 13.7 Å². The van der Waals surface area contributed by atoms with E-state index in [1.807, 2.05) is 24.3 Å². The topological polar surface area (TPSA) is 52.6 Å². The molecular formula is C15H22O4. The first-order valence-corrected chi connectivity index (χ1v) is 6.33. The van der Waals surface area contributed by atoms with E-state index in [4.69, 9.17) is 4.74 Å². The molecule has 0 atom stereocenters. The van der Waals surface area contributed by atoms with E-state index in [0.717, 1.165) is 19.3 Å². The van der Waals surface area contributed by atoms with E-state index in [0.29, 0.717) is 13.0 Å². The fraction of sp³-hybridized carbons (Fsp3) is 0.467. The Balaban J connectivity index is 3.46. The van der Waals surface area contributed by atoms with Crippen molar-refractivity contribution in [1.82, 2.24) is 0 Å². The van der Waals surface area contributed by atoms with Crippen LogP contribution in [-0.4, -0.2) is 25.7 Å². The number of ether oxygens (including phenoxy) is 2. The van der Waals surface area contributed by atoms with Crippen molar-refractivity contribution in [3.05, 3.63) is 36.5 Å². The van der Waals surface area contributed by atoms with E-state index in [2.05, 4.69) is 10.8 Å². The summed E-state index contributed by atoms with van der Waals surface area (Å²) in [5.41, 5.74) is 0. The molecule has 0 aromatic heterocycles. The first-order valence-electron chi connectivity index (χ1n) is 6.33. The Bertz CT molecular complexity index is 340. The molecule has 0 amide bonds. The molecule has 0 saturated heterocycles. The van der Waals surface area contributed by atoms with Gasteiger partial charge in [0.05, 0.1) is 7.11 Å². The molecule has 0 rings (SSSR count). The van der Waals surface area contributed by atoms with E-state index in [1.54, 1.807) is 6.08 Å². The van der Waals surface area contributed by atoms with Crippen molar-refractivity contribution < 1.29 is 19.1 Å². The third-order valence-electron chi connectivity index (χ3n) is 2.18. The lowest BCUT2D eigenvalue weighted by Gasteiger charge is -1.95. The van der Waals surface area contributed by atoms with Crippen LogP contribution < -0.4 is 0 Å². The smallest absolute Gasteiger partial charge is 0.305 e.